The fraction of sp³-hybridized carbons (Fsp3) is 0.909. The monoisotopic (exact) mass is 194 g/mol. The van der Waals surface area contributed by atoms with Crippen LogP contribution in [-0.2, 0) is 4.79 Å². The number of piperidine rings is 1. The van der Waals surface area contributed by atoms with Gasteiger partial charge in [0.1, 0.15) is 0 Å². The Morgan fingerprint density at radius 3 is 2.14 bits per heavy atom. The quantitative estimate of drug-likeness (QED) is 0.673. The molecule has 0 aromatic carbocycles. The first-order valence-electron chi connectivity index (χ1n) is 5.83. The van der Waals surface area contributed by atoms with E-state index in [9.17, 15) is 4.79 Å². The molecule has 3 heteroatoms. The van der Waals surface area contributed by atoms with Crippen LogP contribution in [0.5, 0.6) is 0 Å². The standard InChI is InChI=1S/C11H18N2O/c12-8-5-9-3-4-10(6-8)13(9)11(14)7-1-2-7/h7-10H,1-6,12H2/t8?,9-,10+. The van der Waals surface area contributed by atoms with Gasteiger partial charge in [0, 0.05) is 24.0 Å². The summed E-state index contributed by atoms with van der Waals surface area (Å²) in [5.74, 6) is 0.817. The summed E-state index contributed by atoms with van der Waals surface area (Å²) in [6.07, 6.45) is 6.71. The van der Waals surface area contributed by atoms with Gasteiger partial charge in [0.15, 0.2) is 0 Å². The lowest BCUT2D eigenvalue weighted by molar-refractivity contribution is -0.137. The van der Waals surface area contributed by atoms with Gasteiger partial charge in [-0.2, -0.15) is 0 Å². The molecule has 2 saturated heterocycles. The molecule has 3 atom stereocenters. The van der Waals surface area contributed by atoms with Gasteiger partial charge in [-0.25, -0.2) is 0 Å². The molecule has 1 amide bonds. The Bertz CT molecular complexity index is 248. The number of hydrogen-bond acceptors (Lipinski definition) is 2. The minimum Gasteiger partial charge on any atom is -0.336 e. The SMILES string of the molecule is NC1C[C@H]2CC[C@@H](C1)N2C(=O)C1CC1. The van der Waals surface area contributed by atoms with Crippen molar-refractivity contribution in [3.05, 3.63) is 0 Å². The molecule has 3 fully saturated rings. The van der Waals surface area contributed by atoms with Crippen molar-refractivity contribution in [3.8, 4) is 0 Å². The third kappa shape index (κ3) is 1.26. The Balaban J connectivity index is 1.77. The zero-order chi connectivity index (χ0) is 9.71. The van der Waals surface area contributed by atoms with E-state index in [-0.39, 0.29) is 0 Å². The number of carbonyl (C=O) groups is 1. The van der Waals surface area contributed by atoms with Crippen LogP contribution in [0, 0.1) is 5.92 Å². The summed E-state index contributed by atoms with van der Waals surface area (Å²) in [5.41, 5.74) is 5.97. The number of carbonyl (C=O) groups excluding carboxylic acids is 1. The maximum Gasteiger partial charge on any atom is 0.226 e. The van der Waals surface area contributed by atoms with E-state index in [1.165, 1.54) is 12.8 Å². The summed E-state index contributed by atoms with van der Waals surface area (Å²) >= 11 is 0. The fourth-order valence-electron chi connectivity index (χ4n) is 3.12. The third-order valence-corrected chi connectivity index (χ3v) is 3.95. The van der Waals surface area contributed by atoms with Gasteiger partial charge in [-0.1, -0.05) is 0 Å². The molecular weight excluding hydrogens is 176 g/mol. The lowest BCUT2D eigenvalue weighted by atomic mass is 9.97. The van der Waals surface area contributed by atoms with Crippen LogP contribution < -0.4 is 5.73 Å². The highest BCUT2D eigenvalue weighted by Crippen LogP contribution is 2.40. The molecule has 78 valence electrons. The van der Waals surface area contributed by atoms with Crippen molar-refractivity contribution >= 4 is 5.91 Å². The van der Waals surface area contributed by atoms with Crippen molar-refractivity contribution in [2.75, 3.05) is 0 Å². The topological polar surface area (TPSA) is 46.3 Å². The van der Waals surface area contributed by atoms with Gasteiger partial charge in [-0.15, -0.1) is 0 Å². The molecule has 0 radical (unpaired) electrons. The van der Waals surface area contributed by atoms with E-state index >= 15 is 0 Å². The molecular formula is C11H18N2O. The van der Waals surface area contributed by atoms with Crippen LogP contribution in [0.4, 0.5) is 0 Å². The molecule has 3 rings (SSSR count). The summed E-state index contributed by atoms with van der Waals surface area (Å²) in [5, 5.41) is 0. The predicted molar refractivity (Wildman–Crippen MR) is 53.6 cm³/mol. The zero-order valence-corrected chi connectivity index (χ0v) is 8.48. The Morgan fingerprint density at radius 1 is 1.07 bits per heavy atom. The van der Waals surface area contributed by atoms with Crippen molar-refractivity contribution in [2.24, 2.45) is 11.7 Å². The van der Waals surface area contributed by atoms with E-state index in [0.717, 1.165) is 25.7 Å². The van der Waals surface area contributed by atoms with E-state index in [4.69, 9.17) is 5.73 Å². The zero-order valence-electron chi connectivity index (χ0n) is 8.48. The minimum absolute atomic E-state index is 0.343. The van der Waals surface area contributed by atoms with Gasteiger partial charge >= 0.3 is 0 Å². The minimum atomic E-state index is 0.343. The van der Waals surface area contributed by atoms with E-state index in [1.54, 1.807) is 0 Å². The second-order valence-electron chi connectivity index (χ2n) is 5.14. The molecule has 2 heterocycles. The Labute approximate surface area is 84.6 Å². The predicted octanol–water partition coefficient (Wildman–Crippen LogP) is 0.877. The molecule has 2 N–H and O–H groups in total. The van der Waals surface area contributed by atoms with Gasteiger partial charge in [-0.05, 0) is 38.5 Å². The average molecular weight is 194 g/mol. The maximum atomic E-state index is 12.0. The maximum absolute atomic E-state index is 12.0. The van der Waals surface area contributed by atoms with Crippen LogP contribution in [0.15, 0.2) is 0 Å². The molecule has 1 unspecified atom stereocenters. The molecule has 3 nitrogen and oxygen atoms in total. The van der Waals surface area contributed by atoms with Crippen molar-refractivity contribution in [2.45, 2.75) is 56.7 Å². The smallest absolute Gasteiger partial charge is 0.226 e. The molecule has 0 aromatic heterocycles. The summed E-state index contributed by atoms with van der Waals surface area (Å²) in [6.45, 7) is 0. The molecule has 3 aliphatic rings. The van der Waals surface area contributed by atoms with E-state index in [0.29, 0.717) is 30.0 Å². The van der Waals surface area contributed by atoms with Gasteiger partial charge in [0.2, 0.25) is 5.91 Å². The Morgan fingerprint density at radius 2 is 1.64 bits per heavy atom. The average Bonchev–Trinajstić information content (AvgIpc) is 2.92. The molecule has 2 aliphatic heterocycles. The lowest BCUT2D eigenvalue weighted by Crippen LogP contribution is -2.50. The number of nitrogens with two attached hydrogens (primary N) is 1. The second kappa shape index (κ2) is 2.96. The van der Waals surface area contributed by atoms with Crippen LogP contribution in [0.1, 0.15) is 38.5 Å². The van der Waals surface area contributed by atoms with Crippen molar-refractivity contribution in [1.29, 1.82) is 0 Å². The third-order valence-electron chi connectivity index (χ3n) is 3.95. The largest absolute Gasteiger partial charge is 0.336 e. The van der Waals surface area contributed by atoms with E-state index in [2.05, 4.69) is 4.90 Å². The Hall–Kier alpha value is -0.570. The summed E-state index contributed by atoms with van der Waals surface area (Å²) < 4.78 is 0. The van der Waals surface area contributed by atoms with Gasteiger partial charge in [-0.3, -0.25) is 4.79 Å². The summed E-state index contributed by atoms with van der Waals surface area (Å²) in [7, 11) is 0. The van der Waals surface area contributed by atoms with Crippen LogP contribution in [0.3, 0.4) is 0 Å². The second-order valence-corrected chi connectivity index (χ2v) is 5.14. The first-order valence-corrected chi connectivity index (χ1v) is 5.83. The van der Waals surface area contributed by atoms with Crippen molar-refractivity contribution < 1.29 is 4.79 Å². The first kappa shape index (κ1) is 8.72. The highest BCUT2D eigenvalue weighted by molar-refractivity contribution is 5.82. The first-order chi connectivity index (χ1) is 6.75. The lowest BCUT2D eigenvalue weighted by Gasteiger charge is -2.37. The molecule has 2 bridgehead atoms. The number of hydrogen-bond donors (Lipinski definition) is 1. The molecule has 0 aromatic rings. The number of rotatable bonds is 1. The van der Waals surface area contributed by atoms with Gasteiger partial charge < -0.3 is 10.6 Å². The van der Waals surface area contributed by atoms with E-state index < -0.39 is 0 Å². The number of amides is 1. The Kier molecular flexibility index (Phi) is 1.84. The molecule has 1 aliphatic carbocycles. The highest BCUT2D eigenvalue weighted by Gasteiger charge is 2.46. The normalized spacial score (nSPS) is 41.5. The van der Waals surface area contributed by atoms with Crippen LogP contribution in [-0.4, -0.2) is 28.9 Å². The molecule has 0 spiro atoms. The number of fused-ring (bicyclic) bond motifs is 2. The molecule has 1 saturated carbocycles. The van der Waals surface area contributed by atoms with Crippen LogP contribution in [0.25, 0.3) is 0 Å². The van der Waals surface area contributed by atoms with Gasteiger partial charge in [0.25, 0.3) is 0 Å². The van der Waals surface area contributed by atoms with Crippen molar-refractivity contribution in [1.82, 2.24) is 4.90 Å². The van der Waals surface area contributed by atoms with Crippen LogP contribution >= 0.6 is 0 Å². The number of nitrogens with zero attached hydrogens (tertiary/aromatic N) is 1. The molecule has 14 heavy (non-hydrogen) atoms. The summed E-state index contributed by atoms with van der Waals surface area (Å²) in [6, 6.07) is 1.31. The van der Waals surface area contributed by atoms with E-state index in [1.807, 2.05) is 0 Å². The highest BCUT2D eigenvalue weighted by atomic mass is 16.2. The van der Waals surface area contributed by atoms with Crippen LogP contribution in [0.2, 0.25) is 0 Å². The fourth-order valence-corrected chi connectivity index (χ4v) is 3.12. The van der Waals surface area contributed by atoms with Gasteiger partial charge in [0.05, 0.1) is 0 Å². The summed E-state index contributed by atoms with van der Waals surface area (Å²) in [4.78, 5) is 14.2. The van der Waals surface area contributed by atoms with Crippen molar-refractivity contribution in [3.63, 3.8) is 0 Å².